The van der Waals surface area contributed by atoms with Crippen LogP contribution >= 0.6 is 0 Å². The average Bonchev–Trinajstić information content (AvgIpc) is 2.53. The second-order valence-corrected chi connectivity index (χ2v) is 5.25. The molecule has 0 heterocycles. The van der Waals surface area contributed by atoms with E-state index in [9.17, 15) is 14.7 Å². The second-order valence-electron chi connectivity index (χ2n) is 5.25. The maximum Gasteiger partial charge on any atom is 0.292 e. The second kappa shape index (κ2) is 7.52. The first-order valence-corrected chi connectivity index (χ1v) is 7.17. The number of nitrogens with one attached hydrogen (secondary N) is 1. The lowest BCUT2D eigenvalue weighted by Gasteiger charge is -2.11. The third kappa shape index (κ3) is 4.53. The highest BCUT2D eigenvalue weighted by Gasteiger charge is 2.17. The van der Waals surface area contributed by atoms with Crippen LogP contribution in [0.5, 0.6) is 0 Å². The first kappa shape index (κ1) is 15.9. The third-order valence-electron chi connectivity index (χ3n) is 3.33. The van der Waals surface area contributed by atoms with Crippen molar-refractivity contribution in [1.29, 1.82) is 0 Å². The number of carbonyl (C=O) groups is 2. The van der Waals surface area contributed by atoms with Gasteiger partial charge in [0.05, 0.1) is 6.10 Å². The highest BCUT2D eigenvalue weighted by Crippen LogP contribution is 2.05. The van der Waals surface area contributed by atoms with Crippen molar-refractivity contribution in [3.05, 3.63) is 71.3 Å². The van der Waals surface area contributed by atoms with Gasteiger partial charge in [-0.1, -0.05) is 60.2 Å². The van der Waals surface area contributed by atoms with Gasteiger partial charge in [-0.2, -0.15) is 0 Å². The van der Waals surface area contributed by atoms with Gasteiger partial charge in [-0.15, -0.1) is 0 Å². The van der Waals surface area contributed by atoms with E-state index >= 15 is 0 Å². The predicted molar refractivity (Wildman–Crippen MR) is 84.7 cm³/mol. The molecule has 4 nitrogen and oxygen atoms in total. The number of Topliss-reactive ketones (excluding diaryl/α,β-unsaturated/α-hetero) is 1. The van der Waals surface area contributed by atoms with Crippen LogP contribution in [-0.4, -0.2) is 29.4 Å². The number of aryl methyl sites for hydroxylation is 1. The molecule has 2 aromatic carbocycles. The fraction of sp³-hybridized carbons (Fsp3) is 0.222. The Kier molecular flexibility index (Phi) is 5.44. The molecule has 1 atom stereocenters. The molecule has 0 bridgehead atoms. The molecule has 0 aliphatic carbocycles. The van der Waals surface area contributed by atoms with E-state index in [4.69, 9.17) is 0 Å². The van der Waals surface area contributed by atoms with Gasteiger partial charge in [0.15, 0.2) is 0 Å². The van der Waals surface area contributed by atoms with Gasteiger partial charge in [0.1, 0.15) is 0 Å². The van der Waals surface area contributed by atoms with Crippen LogP contribution in [0.2, 0.25) is 0 Å². The van der Waals surface area contributed by atoms with E-state index in [0.29, 0.717) is 12.0 Å². The molecule has 1 unspecified atom stereocenters. The Balaban J connectivity index is 1.84. The van der Waals surface area contributed by atoms with Crippen LogP contribution in [0, 0.1) is 6.92 Å². The summed E-state index contributed by atoms with van der Waals surface area (Å²) in [5.41, 5.74) is 2.35. The summed E-state index contributed by atoms with van der Waals surface area (Å²) in [4.78, 5) is 23.7. The lowest BCUT2D eigenvalue weighted by Crippen LogP contribution is -2.37. The van der Waals surface area contributed by atoms with Crippen molar-refractivity contribution in [3.8, 4) is 0 Å². The number of benzene rings is 2. The molecule has 0 fully saturated rings. The Hall–Kier alpha value is -2.46. The van der Waals surface area contributed by atoms with E-state index in [1.807, 2.05) is 37.3 Å². The Morgan fingerprint density at radius 3 is 2.32 bits per heavy atom. The van der Waals surface area contributed by atoms with Crippen LogP contribution in [0.25, 0.3) is 0 Å². The topological polar surface area (TPSA) is 66.4 Å². The molecule has 0 aromatic heterocycles. The van der Waals surface area contributed by atoms with Crippen molar-refractivity contribution in [2.24, 2.45) is 0 Å². The molecule has 2 N–H and O–H groups in total. The minimum Gasteiger partial charge on any atom is -0.391 e. The Bertz CT molecular complexity index is 635. The number of aliphatic hydroxyl groups excluding tert-OH is 1. The molecule has 2 aromatic rings. The average molecular weight is 297 g/mol. The first-order valence-electron chi connectivity index (χ1n) is 7.17. The maximum atomic E-state index is 11.9. The van der Waals surface area contributed by atoms with Crippen molar-refractivity contribution in [1.82, 2.24) is 5.32 Å². The Morgan fingerprint density at radius 2 is 1.68 bits per heavy atom. The zero-order valence-corrected chi connectivity index (χ0v) is 12.5. The van der Waals surface area contributed by atoms with Gasteiger partial charge >= 0.3 is 0 Å². The van der Waals surface area contributed by atoms with E-state index in [-0.39, 0.29) is 6.54 Å². The molecule has 0 aliphatic heterocycles. The van der Waals surface area contributed by atoms with Crippen molar-refractivity contribution in [2.45, 2.75) is 19.4 Å². The van der Waals surface area contributed by atoms with Gasteiger partial charge in [-0.25, -0.2) is 0 Å². The van der Waals surface area contributed by atoms with E-state index in [0.717, 1.165) is 11.1 Å². The van der Waals surface area contributed by atoms with Crippen molar-refractivity contribution in [2.75, 3.05) is 6.54 Å². The van der Waals surface area contributed by atoms with Crippen LogP contribution in [0.15, 0.2) is 54.6 Å². The van der Waals surface area contributed by atoms with Crippen molar-refractivity contribution in [3.63, 3.8) is 0 Å². The molecule has 22 heavy (non-hydrogen) atoms. The Morgan fingerprint density at radius 1 is 1.05 bits per heavy atom. The monoisotopic (exact) mass is 297 g/mol. The molecule has 0 spiro atoms. The fourth-order valence-corrected chi connectivity index (χ4v) is 2.09. The van der Waals surface area contributed by atoms with Gasteiger partial charge in [0.25, 0.3) is 5.91 Å². The van der Waals surface area contributed by atoms with Crippen molar-refractivity contribution < 1.29 is 14.7 Å². The number of rotatable bonds is 6. The molecule has 2 rings (SSSR count). The highest BCUT2D eigenvalue weighted by molar-refractivity contribution is 6.42. The zero-order valence-electron chi connectivity index (χ0n) is 12.5. The fourth-order valence-electron chi connectivity index (χ4n) is 2.09. The van der Waals surface area contributed by atoms with Crippen LogP contribution in [-0.2, 0) is 11.2 Å². The summed E-state index contributed by atoms with van der Waals surface area (Å²) in [5, 5.41) is 12.4. The molecular formula is C18H19NO3. The van der Waals surface area contributed by atoms with Gasteiger partial charge < -0.3 is 10.4 Å². The largest absolute Gasteiger partial charge is 0.391 e. The number of aliphatic hydroxyl groups is 1. The summed E-state index contributed by atoms with van der Waals surface area (Å²) in [6, 6.07) is 16.3. The van der Waals surface area contributed by atoms with E-state index in [2.05, 4.69) is 5.32 Å². The number of amides is 1. The summed E-state index contributed by atoms with van der Waals surface area (Å²) < 4.78 is 0. The number of hydrogen-bond donors (Lipinski definition) is 2. The quantitative estimate of drug-likeness (QED) is 0.632. The number of ketones is 1. The van der Waals surface area contributed by atoms with Crippen LogP contribution in [0.4, 0.5) is 0 Å². The molecule has 4 heteroatoms. The molecular weight excluding hydrogens is 278 g/mol. The number of hydrogen-bond acceptors (Lipinski definition) is 3. The van der Waals surface area contributed by atoms with Gasteiger partial charge in [0, 0.05) is 18.5 Å². The zero-order chi connectivity index (χ0) is 15.9. The SMILES string of the molecule is Cc1ccc(C(=O)C(=O)NCC(O)Cc2ccccc2)cc1. The van der Waals surface area contributed by atoms with Crippen LogP contribution < -0.4 is 5.32 Å². The normalized spacial score (nSPS) is 11.7. The van der Waals surface area contributed by atoms with Crippen LogP contribution in [0.3, 0.4) is 0 Å². The Labute approximate surface area is 129 Å². The van der Waals surface area contributed by atoms with E-state index in [1.165, 1.54) is 0 Å². The van der Waals surface area contributed by atoms with Crippen LogP contribution in [0.1, 0.15) is 21.5 Å². The lowest BCUT2D eigenvalue weighted by molar-refractivity contribution is -0.117. The number of carbonyl (C=O) groups excluding carboxylic acids is 2. The smallest absolute Gasteiger partial charge is 0.292 e. The highest BCUT2D eigenvalue weighted by atomic mass is 16.3. The molecule has 0 saturated carbocycles. The molecule has 114 valence electrons. The van der Waals surface area contributed by atoms with Gasteiger partial charge in [-0.05, 0) is 12.5 Å². The summed E-state index contributed by atoms with van der Waals surface area (Å²) >= 11 is 0. The summed E-state index contributed by atoms with van der Waals surface area (Å²) in [6.07, 6.45) is -0.294. The van der Waals surface area contributed by atoms with Gasteiger partial charge in [0.2, 0.25) is 5.78 Å². The lowest BCUT2D eigenvalue weighted by atomic mass is 10.1. The summed E-state index contributed by atoms with van der Waals surface area (Å²) in [6.45, 7) is 1.96. The minimum atomic E-state index is -0.725. The molecule has 0 radical (unpaired) electrons. The first-order chi connectivity index (χ1) is 10.6. The summed E-state index contributed by atoms with van der Waals surface area (Å²) in [5.74, 6) is -1.29. The third-order valence-corrected chi connectivity index (χ3v) is 3.33. The molecule has 0 aliphatic rings. The maximum absolute atomic E-state index is 11.9. The van der Waals surface area contributed by atoms with Crippen molar-refractivity contribution >= 4 is 11.7 Å². The predicted octanol–water partition coefficient (Wildman–Crippen LogP) is 1.90. The molecule has 0 saturated heterocycles. The van der Waals surface area contributed by atoms with E-state index in [1.54, 1.807) is 24.3 Å². The standard InChI is InChI=1S/C18H19NO3/c1-13-7-9-15(10-8-13)17(21)18(22)19-12-16(20)11-14-5-3-2-4-6-14/h2-10,16,20H,11-12H2,1H3,(H,19,22). The van der Waals surface area contributed by atoms with Gasteiger partial charge in [-0.3, -0.25) is 9.59 Å². The summed E-state index contributed by atoms with van der Waals surface area (Å²) in [7, 11) is 0. The van der Waals surface area contributed by atoms with E-state index < -0.39 is 17.8 Å². The molecule has 1 amide bonds. The minimum absolute atomic E-state index is 0.0470.